The van der Waals surface area contributed by atoms with Crippen molar-refractivity contribution in [3.05, 3.63) is 16.1 Å². The monoisotopic (exact) mass is 256 g/mol. The second kappa shape index (κ2) is 6.68. The molecule has 5 nitrogen and oxygen atoms in total. The molecule has 0 aliphatic heterocycles. The van der Waals surface area contributed by atoms with Gasteiger partial charge in [-0.1, -0.05) is 0 Å². The Morgan fingerprint density at radius 3 is 2.88 bits per heavy atom. The Balaban J connectivity index is 2.36. The van der Waals surface area contributed by atoms with Crippen molar-refractivity contribution in [2.24, 2.45) is 5.73 Å². The molecule has 17 heavy (non-hydrogen) atoms. The second-order valence-corrected chi connectivity index (χ2v) is 5.16. The van der Waals surface area contributed by atoms with Crippen LogP contribution >= 0.6 is 11.3 Å². The fourth-order valence-corrected chi connectivity index (χ4v) is 2.05. The molecule has 1 heterocycles. The SMILES string of the molecule is CC(N)c1nc(C(=O)NCCCN(C)C)cs1. The van der Waals surface area contributed by atoms with E-state index >= 15 is 0 Å². The van der Waals surface area contributed by atoms with Gasteiger partial charge in [0.15, 0.2) is 0 Å². The quantitative estimate of drug-likeness (QED) is 0.740. The van der Waals surface area contributed by atoms with Crippen LogP contribution in [0, 0.1) is 0 Å². The van der Waals surface area contributed by atoms with Gasteiger partial charge in [0.1, 0.15) is 10.7 Å². The molecule has 96 valence electrons. The lowest BCUT2D eigenvalue weighted by Crippen LogP contribution is -2.27. The summed E-state index contributed by atoms with van der Waals surface area (Å²) in [7, 11) is 4.02. The molecule has 0 aliphatic carbocycles. The third kappa shape index (κ3) is 4.80. The second-order valence-electron chi connectivity index (χ2n) is 4.27. The Morgan fingerprint density at radius 1 is 1.65 bits per heavy atom. The molecule has 0 saturated carbocycles. The average molecular weight is 256 g/mol. The summed E-state index contributed by atoms with van der Waals surface area (Å²) >= 11 is 1.42. The molecular formula is C11H20N4OS. The first-order chi connectivity index (χ1) is 8.00. The Kier molecular flexibility index (Phi) is 5.54. The van der Waals surface area contributed by atoms with Gasteiger partial charge in [0.2, 0.25) is 0 Å². The van der Waals surface area contributed by atoms with Gasteiger partial charge in [-0.05, 0) is 34.0 Å². The summed E-state index contributed by atoms with van der Waals surface area (Å²) in [5, 5.41) is 5.39. The normalized spacial score (nSPS) is 12.8. The molecular weight excluding hydrogens is 236 g/mol. The van der Waals surface area contributed by atoms with Gasteiger partial charge in [-0.2, -0.15) is 0 Å². The highest BCUT2D eigenvalue weighted by Crippen LogP contribution is 2.15. The van der Waals surface area contributed by atoms with Gasteiger partial charge in [0, 0.05) is 11.9 Å². The zero-order valence-electron chi connectivity index (χ0n) is 10.6. The van der Waals surface area contributed by atoms with Crippen molar-refractivity contribution in [2.75, 3.05) is 27.2 Å². The average Bonchev–Trinajstić information content (AvgIpc) is 2.73. The zero-order chi connectivity index (χ0) is 12.8. The Hall–Kier alpha value is -0.980. The summed E-state index contributed by atoms with van der Waals surface area (Å²) in [6, 6.07) is -0.115. The molecule has 3 N–H and O–H groups in total. The number of hydrogen-bond donors (Lipinski definition) is 2. The minimum Gasteiger partial charge on any atom is -0.351 e. The molecule has 6 heteroatoms. The van der Waals surface area contributed by atoms with E-state index in [0.29, 0.717) is 12.2 Å². The van der Waals surface area contributed by atoms with Crippen LogP contribution in [0.5, 0.6) is 0 Å². The Morgan fingerprint density at radius 2 is 2.35 bits per heavy atom. The van der Waals surface area contributed by atoms with Crippen LogP contribution in [0.4, 0.5) is 0 Å². The molecule has 0 saturated heterocycles. The maximum atomic E-state index is 11.7. The van der Waals surface area contributed by atoms with Crippen molar-refractivity contribution >= 4 is 17.2 Å². The molecule has 1 aromatic heterocycles. The molecule has 0 radical (unpaired) electrons. The molecule has 0 fully saturated rings. The van der Waals surface area contributed by atoms with Crippen LogP contribution in [-0.2, 0) is 0 Å². The molecule has 1 unspecified atom stereocenters. The number of carbonyl (C=O) groups excluding carboxylic acids is 1. The summed E-state index contributed by atoms with van der Waals surface area (Å²) in [6.45, 7) is 3.49. The fourth-order valence-electron chi connectivity index (χ4n) is 1.29. The lowest BCUT2D eigenvalue weighted by atomic mass is 10.3. The third-order valence-electron chi connectivity index (χ3n) is 2.21. The van der Waals surface area contributed by atoms with E-state index in [2.05, 4.69) is 15.2 Å². The third-order valence-corrected chi connectivity index (χ3v) is 3.26. The number of nitrogens with one attached hydrogen (secondary N) is 1. The van der Waals surface area contributed by atoms with Gasteiger partial charge in [-0.15, -0.1) is 11.3 Å². The van der Waals surface area contributed by atoms with Crippen LogP contribution < -0.4 is 11.1 Å². The number of thiazole rings is 1. The molecule has 0 aliphatic rings. The number of hydrogen-bond acceptors (Lipinski definition) is 5. The zero-order valence-corrected chi connectivity index (χ0v) is 11.4. The largest absolute Gasteiger partial charge is 0.351 e. The van der Waals surface area contributed by atoms with Gasteiger partial charge in [-0.25, -0.2) is 4.98 Å². The standard InChI is InChI=1S/C11H20N4OS/c1-8(12)11-14-9(7-17-11)10(16)13-5-4-6-15(2)3/h7-8H,4-6,12H2,1-3H3,(H,13,16). The smallest absolute Gasteiger partial charge is 0.270 e. The van der Waals surface area contributed by atoms with Crippen LogP contribution in [0.15, 0.2) is 5.38 Å². The highest BCUT2D eigenvalue weighted by atomic mass is 32.1. The molecule has 1 atom stereocenters. The Labute approximate surface area is 106 Å². The summed E-state index contributed by atoms with van der Waals surface area (Å²) in [5.41, 5.74) is 6.16. The van der Waals surface area contributed by atoms with Crippen molar-refractivity contribution in [1.29, 1.82) is 0 Å². The van der Waals surface area contributed by atoms with Gasteiger partial charge < -0.3 is 16.0 Å². The number of amides is 1. The number of rotatable bonds is 6. The first kappa shape index (κ1) is 14.1. The van der Waals surface area contributed by atoms with E-state index in [-0.39, 0.29) is 11.9 Å². The van der Waals surface area contributed by atoms with Crippen molar-refractivity contribution in [1.82, 2.24) is 15.2 Å². The number of nitrogens with zero attached hydrogens (tertiary/aromatic N) is 2. The first-order valence-corrected chi connectivity index (χ1v) is 6.52. The van der Waals surface area contributed by atoms with Gasteiger partial charge in [-0.3, -0.25) is 4.79 Å². The van der Waals surface area contributed by atoms with Crippen molar-refractivity contribution in [2.45, 2.75) is 19.4 Å². The van der Waals surface area contributed by atoms with E-state index in [1.807, 2.05) is 21.0 Å². The molecule has 1 rings (SSSR count). The minimum absolute atomic E-state index is 0.115. The highest BCUT2D eigenvalue weighted by Gasteiger charge is 2.11. The van der Waals surface area contributed by atoms with Crippen LogP contribution in [0.3, 0.4) is 0 Å². The molecule has 0 spiro atoms. The van der Waals surface area contributed by atoms with E-state index in [1.54, 1.807) is 5.38 Å². The Bertz CT molecular complexity index is 362. The lowest BCUT2D eigenvalue weighted by molar-refractivity contribution is 0.0948. The maximum absolute atomic E-state index is 11.7. The first-order valence-electron chi connectivity index (χ1n) is 5.64. The van der Waals surface area contributed by atoms with Gasteiger partial charge >= 0.3 is 0 Å². The van der Waals surface area contributed by atoms with Gasteiger partial charge in [0.05, 0.1) is 6.04 Å². The van der Waals surface area contributed by atoms with E-state index in [9.17, 15) is 4.79 Å². The molecule has 0 aromatic carbocycles. The summed E-state index contributed by atoms with van der Waals surface area (Å²) < 4.78 is 0. The van der Waals surface area contributed by atoms with E-state index in [0.717, 1.165) is 18.0 Å². The number of carbonyl (C=O) groups is 1. The summed E-state index contributed by atoms with van der Waals surface area (Å²) in [6.07, 6.45) is 0.934. The van der Waals surface area contributed by atoms with Crippen molar-refractivity contribution in [3.8, 4) is 0 Å². The lowest BCUT2D eigenvalue weighted by Gasteiger charge is -2.09. The predicted octanol–water partition coefficient (Wildman–Crippen LogP) is 0.844. The predicted molar refractivity (Wildman–Crippen MR) is 70.2 cm³/mol. The fraction of sp³-hybridized carbons (Fsp3) is 0.636. The number of aromatic nitrogens is 1. The van der Waals surface area contributed by atoms with Crippen LogP contribution in [0.2, 0.25) is 0 Å². The van der Waals surface area contributed by atoms with Gasteiger partial charge in [0.25, 0.3) is 5.91 Å². The van der Waals surface area contributed by atoms with E-state index < -0.39 is 0 Å². The van der Waals surface area contributed by atoms with E-state index in [4.69, 9.17) is 5.73 Å². The van der Waals surface area contributed by atoms with Crippen molar-refractivity contribution < 1.29 is 4.79 Å². The van der Waals surface area contributed by atoms with Crippen LogP contribution in [0.1, 0.15) is 34.9 Å². The summed E-state index contributed by atoms with van der Waals surface area (Å²) in [5.74, 6) is -0.119. The topological polar surface area (TPSA) is 71.2 Å². The highest BCUT2D eigenvalue weighted by molar-refractivity contribution is 7.09. The van der Waals surface area contributed by atoms with E-state index in [1.165, 1.54) is 11.3 Å². The molecule has 1 aromatic rings. The van der Waals surface area contributed by atoms with Crippen LogP contribution in [-0.4, -0.2) is 43.0 Å². The number of nitrogens with two attached hydrogens (primary N) is 1. The summed E-state index contributed by atoms with van der Waals surface area (Å²) in [4.78, 5) is 18.0. The van der Waals surface area contributed by atoms with Crippen LogP contribution in [0.25, 0.3) is 0 Å². The molecule has 0 bridgehead atoms. The van der Waals surface area contributed by atoms with Crippen molar-refractivity contribution in [3.63, 3.8) is 0 Å². The minimum atomic E-state index is -0.119. The maximum Gasteiger partial charge on any atom is 0.270 e. The molecule has 1 amide bonds.